The van der Waals surface area contributed by atoms with Crippen molar-refractivity contribution in [2.75, 3.05) is 0 Å². The number of nitriles is 1. The Bertz CT molecular complexity index is 145. The largest absolute Gasteiger partial charge is 0.376 e. The highest BCUT2D eigenvalue weighted by molar-refractivity contribution is 4.91. The zero-order chi connectivity index (χ0) is 11.1. The smallest absolute Gasteiger partial charge is 0.145 e. The third-order valence-corrected chi connectivity index (χ3v) is 0.818. The summed E-state index contributed by atoms with van der Waals surface area (Å²) in [6.45, 7) is 11.0. The fourth-order valence-electron chi connectivity index (χ4n) is 0.544. The molecule has 0 aliphatic carbocycles. The minimum absolute atomic E-state index is 0.375. The fourth-order valence-corrected chi connectivity index (χ4v) is 0.544. The summed E-state index contributed by atoms with van der Waals surface area (Å²) in [5.41, 5.74) is -1.15. The Hall–Kier alpha value is -0.590. The van der Waals surface area contributed by atoms with Gasteiger partial charge in [-0.15, -0.1) is 0 Å². The molecule has 0 rings (SSSR count). The molecule has 0 heterocycles. The number of nitrogens with zero attached hydrogens (tertiary/aromatic N) is 1. The molecule has 0 bridgehead atoms. The lowest BCUT2D eigenvalue weighted by molar-refractivity contribution is 0.0300. The molecule has 3 nitrogen and oxygen atoms in total. The van der Waals surface area contributed by atoms with E-state index in [0.29, 0.717) is 12.2 Å². The molecule has 0 unspecified atom stereocenters. The van der Waals surface area contributed by atoms with Crippen LogP contribution in [0.5, 0.6) is 0 Å². The monoisotopic (exact) mass is 187 g/mol. The van der Waals surface area contributed by atoms with Gasteiger partial charge in [0.1, 0.15) is 5.60 Å². The fraction of sp³-hybridized carbons (Fsp3) is 0.900. The van der Waals surface area contributed by atoms with Gasteiger partial charge in [0.2, 0.25) is 0 Å². The van der Waals surface area contributed by atoms with E-state index in [0.717, 1.165) is 0 Å². The van der Waals surface area contributed by atoms with Crippen molar-refractivity contribution in [2.24, 2.45) is 0 Å². The first-order valence-corrected chi connectivity index (χ1v) is 4.48. The predicted octanol–water partition coefficient (Wildman–Crippen LogP) is 2.10. The molecule has 0 saturated heterocycles. The molecule has 0 saturated carbocycles. The van der Waals surface area contributed by atoms with Gasteiger partial charge in [0.05, 0.1) is 18.3 Å². The summed E-state index contributed by atoms with van der Waals surface area (Å²) in [7, 11) is 0. The van der Waals surface area contributed by atoms with Crippen LogP contribution in [0.1, 0.15) is 41.5 Å². The molecule has 0 amide bonds. The lowest BCUT2D eigenvalue weighted by Gasteiger charge is -2.09. The summed E-state index contributed by atoms with van der Waals surface area (Å²) >= 11 is 0. The van der Waals surface area contributed by atoms with Crippen molar-refractivity contribution < 1.29 is 9.84 Å². The van der Waals surface area contributed by atoms with Gasteiger partial charge < -0.3 is 9.84 Å². The Morgan fingerprint density at radius 1 is 1.15 bits per heavy atom. The number of hydrogen-bond acceptors (Lipinski definition) is 3. The Labute approximate surface area is 81.3 Å². The van der Waals surface area contributed by atoms with E-state index in [1.165, 1.54) is 13.8 Å². The second-order valence-electron chi connectivity index (χ2n) is 3.90. The van der Waals surface area contributed by atoms with Crippen LogP contribution in [0.3, 0.4) is 0 Å². The molecule has 0 aromatic carbocycles. The predicted molar refractivity (Wildman–Crippen MR) is 53.3 cm³/mol. The minimum Gasteiger partial charge on any atom is -0.376 e. The van der Waals surface area contributed by atoms with E-state index in [4.69, 9.17) is 15.1 Å². The van der Waals surface area contributed by atoms with Gasteiger partial charge in [-0.05, 0) is 41.5 Å². The summed E-state index contributed by atoms with van der Waals surface area (Å²) in [4.78, 5) is 0. The Kier molecular flexibility index (Phi) is 7.89. The van der Waals surface area contributed by atoms with Gasteiger partial charge in [0, 0.05) is 0 Å². The van der Waals surface area contributed by atoms with Gasteiger partial charge in [-0.3, -0.25) is 0 Å². The first-order valence-electron chi connectivity index (χ1n) is 4.48. The van der Waals surface area contributed by atoms with Gasteiger partial charge in [0.15, 0.2) is 0 Å². The number of rotatable bonds is 2. The molecule has 0 radical (unpaired) electrons. The summed E-state index contributed by atoms with van der Waals surface area (Å²) in [6, 6.07) is 1.66. The number of hydrogen-bond donors (Lipinski definition) is 1. The van der Waals surface area contributed by atoms with Gasteiger partial charge in [-0.1, -0.05) is 0 Å². The first kappa shape index (κ1) is 14.9. The van der Waals surface area contributed by atoms with Crippen molar-refractivity contribution in [1.29, 1.82) is 5.26 Å². The van der Waals surface area contributed by atoms with E-state index in [9.17, 15) is 0 Å². The molecule has 1 N–H and O–H groups in total. The van der Waals surface area contributed by atoms with Crippen LogP contribution in [0.15, 0.2) is 0 Å². The standard InChI is InChI=1S/C6H14O.C4H7NO/c1-5(2)7-6(3)4;1-4(2,6)3-5/h5-6H,1-4H3;6H,1-2H3. The van der Waals surface area contributed by atoms with Crippen molar-refractivity contribution in [1.82, 2.24) is 0 Å². The lowest BCUT2D eigenvalue weighted by Crippen LogP contribution is -2.13. The summed E-state index contributed by atoms with van der Waals surface area (Å²) in [5, 5.41) is 16.4. The van der Waals surface area contributed by atoms with E-state index in [1.54, 1.807) is 6.07 Å². The van der Waals surface area contributed by atoms with Crippen LogP contribution in [-0.4, -0.2) is 22.9 Å². The van der Waals surface area contributed by atoms with Gasteiger partial charge >= 0.3 is 0 Å². The van der Waals surface area contributed by atoms with E-state index < -0.39 is 5.60 Å². The second-order valence-corrected chi connectivity index (χ2v) is 3.90. The third kappa shape index (κ3) is 24.6. The molecule has 0 aromatic rings. The highest BCUT2D eigenvalue weighted by Crippen LogP contribution is 1.94. The van der Waals surface area contributed by atoms with Crippen LogP contribution < -0.4 is 0 Å². The van der Waals surface area contributed by atoms with Gasteiger partial charge in [-0.25, -0.2) is 0 Å². The summed E-state index contributed by atoms with van der Waals surface area (Å²) in [6.07, 6.45) is 0.750. The zero-order valence-corrected chi connectivity index (χ0v) is 9.46. The van der Waals surface area contributed by atoms with Gasteiger partial charge in [0.25, 0.3) is 0 Å². The molecule has 0 atom stereocenters. The molecule has 3 heteroatoms. The Balaban J connectivity index is 0. The number of ether oxygens (including phenoxy) is 1. The summed E-state index contributed by atoms with van der Waals surface area (Å²) in [5.74, 6) is 0. The molecular weight excluding hydrogens is 166 g/mol. The first-order chi connectivity index (χ1) is 5.69. The second kappa shape index (κ2) is 6.88. The van der Waals surface area contributed by atoms with E-state index in [-0.39, 0.29) is 0 Å². The molecule has 0 fully saturated rings. The zero-order valence-electron chi connectivity index (χ0n) is 9.46. The van der Waals surface area contributed by atoms with Crippen molar-refractivity contribution in [2.45, 2.75) is 59.4 Å². The Morgan fingerprint density at radius 2 is 1.38 bits per heavy atom. The highest BCUT2D eigenvalue weighted by atomic mass is 16.5. The van der Waals surface area contributed by atoms with Crippen LogP contribution in [0, 0.1) is 11.3 Å². The van der Waals surface area contributed by atoms with Crippen molar-refractivity contribution in [3.63, 3.8) is 0 Å². The van der Waals surface area contributed by atoms with Crippen molar-refractivity contribution in [3.05, 3.63) is 0 Å². The number of aliphatic hydroxyl groups is 1. The molecule has 13 heavy (non-hydrogen) atoms. The van der Waals surface area contributed by atoms with E-state index in [1.807, 2.05) is 27.7 Å². The molecule has 0 spiro atoms. The molecule has 0 aliphatic heterocycles. The molecule has 0 aliphatic rings. The lowest BCUT2D eigenvalue weighted by atomic mass is 10.2. The maximum Gasteiger partial charge on any atom is 0.145 e. The van der Waals surface area contributed by atoms with Gasteiger partial charge in [-0.2, -0.15) is 5.26 Å². The van der Waals surface area contributed by atoms with E-state index in [2.05, 4.69) is 0 Å². The molecule has 78 valence electrons. The maximum absolute atomic E-state index is 8.47. The van der Waals surface area contributed by atoms with E-state index >= 15 is 0 Å². The van der Waals surface area contributed by atoms with Crippen molar-refractivity contribution in [3.8, 4) is 6.07 Å². The highest BCUT2D eigenvalue weighted by Gasteiger charge is 2.07. The van der Waals surface area contributed by atoms with Crippen LogP contribution >= 0.6 is 0 Å². The van der Waals surface area contributed by atoms with Crippen LogP contribution in [0.2, 0.25) is 0 Å². The van der Waals surface area contributed by atoms with Crippen LogP contribution in [0.25, 0.3) is 0 Å². The average molecular weight is 187 g/mol. The minimum atomic E-state index is -1.15. The maximum atomic E-state index is 8.47. The molecule has 0 aromatic heterocycles. The topological polar surface area (TPSA) is 53.2 Å². The quantitative estimate of drug-likeness (QED) is 0.673. The third-order valence-electron chi connectivity index (χ3n) is 0.818. The van der Waals surface area contributed by atoms with Crippen LogP contribution in [0.4, 0.5) is 0 Å². The van der Waals surface area contributed by atoms with Crippen LogP contribution in [-0.2, 0) is 4.74 Å². The average Bonchev–Trinajstić information content (AvgIpc) is 1.84. The molecular formula is C10H21NO2. The van der Waals surface area contributed by atoms with Crippen molar-refractivity contribution >= 4 is 0 Å². The SMILES string of the molecule is CC(C)(O)C#N.CC(C)OC(C)C. The summed E-state index contributed by atoms with van der Waals surface area (Å²) < 4.78 is 5.25. The Morgan fingerprint density at radius 3 is 1.38 bits per heavy atom. The normalized spacial score (nSPS) is 10.8.